The summed E-state index contributed by atoms with van der Waals surface area (Å²) in [6, 6.07) is 11.5. The van der Waals surface area contributed by atoms with Crippen LogP contribution < -0.4 is 5.32 Å². The number of para-hydroxylation sites is 1. The Hall–Kier alpha value is -3.94. The van der Waals surface area contributed by atoms with E-state index in [0.717, 1.165) is 45.7 Å². The lowest BCUT2D eigenvalue weighted by Crippen LogP contribution is -2.37. The molecule has 2 N–H and O–H groups in total. The molecule has 3 aromatic heterocycles. The Labute approximate surface area is 209 Å². The largest absolute Gasteiger partial charge is 0.358 e. The Bertz CT molecular complexity index is 1460. The number of aryl methyl sites for hydroxylation is 2. The van der Waals surface area contributed by atoms with Crippen LogP contribution in [0.25, 0.3) is 10.9 Å². The monoisotopic (exact) mass is 482 g/mol. The van der Waals surface area contributed by atoms with Crippen LogP contribution in [0.15, 0.2) is 42.6 Å². The van der Waals surface area contributed by atoms with Crippen LogP contribution in [0, 0.1) is 19.8 Å². The van der Waals surface area contributed by atoms with E-state index in [1.165, 1.54) is 12.8 Å². The third-order valence-electron chi connectivity index (χ3n) is 7.49. The van der Waals surface area contributed by atoms with E-state index in [9.17, 15) is 9.59 Å². The summed E-state index contributed by atoms with van der Waals surface area (Å²) in [5.41, 5.74) is 6.92. The summed E-state index contributed by atoms with van der Waals surface area (Å²) in [6.07, 6.45) is 4.82. The van der Waals surface area contributed by atoms with E-state index in [2.05, 4.69) is 22.2 Å². The molecule has 4 heterocycles. The zero-order chi connectivity index (χ0) is 24.8. The minimum absolute atomic E-state index is 0.0257. The molecule has 8 nitrogen and oxygen atoms in total. The Morgan fingerprint density at radius 3 is 2.78 bits per heavy atom. The Balaban J connectivity index is 1.29. The predicted molar refractivity (Wildman–Crippen MR) is 137 cm³/mol. The first-order valence-corrected chi connectivity index (χ1v) is 12.6. The van der Waals surface area contributed by atoms with Crippen molar-refractivity contribution in [2.24, 2.45) is 5.92 Å². The molecule has 0 spiro atoms. The number of carbonyl (C=O) groups is 2. The molecule has 1 fully saturated rings. The van der Waals surface area contributed by atoms with Gasteiger partial charge < -0.3 is 15.2 Å². The summed E-state index contributed by atoms with van der Waals surface area (Å²) < 4.78 is 2.02. The van der Waals surface area contributed by atoms with Crippen LogP contribution in [0.3, 0.4) is 0 Å². The van der Waals surface area contributed by atoms with E-state index < -0.39 is 0 Å². The van der Waals surface area contributed by atoms with Crippen molar-refractivity contribution in [3.8, 4) is 0 Å². The van der Waals surface area contributed by atoms with Gasteiger partial charge in [0.2, 0.25) is 0 Å². The summed E-state index contributed by atoms with van der Waals surface area (Å²) in [5, 5.41) is 8.80. The van der Waals surface area contributed by atoms with E-state index in [1.807, 2.05) is 52.9 Å². The third-order valence-corrected chi connectivity index (χ3v) is 7.49. The van der Waals surface area contributed by atoms with Gasteiger partial charge in [-0.1, -0.05) is 18.2 Å². The van der Waals surface area contributed by atoms with Crippen molar-refractivity contribution in [3.05, 3.63) is 82.1 Å². The second-order valence-electron chi connectivity index (χ2n) is 9.98. The lowest BCUT2D eigenvalue weighted by Gasteiger charge is -2.28. The van der Waals surface area contributed by atoms with Gasteiger partial charge in [0.15, 0.2) is 5.69 Å². The highest BCUT2D eigenvalue weighted by Gasteiger charge is 2.33. The average Bonchev–Trinajstić information content (AvgIpc) is 3.59. The zero-order valence-corrected chi connectivity index (χ0v) is 20.7. The van der Waals surface area contributed by atoms with Crippen molar-refractivity contribution in [3.63, 3.8) is 0 Å². The van der Waals surface area contributed by atoms with Crippen molar-refractivity contribution < 1.29 is 9.59 Å². The number of hydrogen-bond donors (Lipinski definition) is 2. The summed E-state index contributed by atoms with van der Waals surface area (Å²) in [6.45, 7) is 6.25. The van der Waals surface area contributed by atoms with Gasteiger partial charge in [-0.3, -0.25) is 19.3 Å². The highest BCUT2D eigenvalue weighted by Crippen LogP contribution is 2.33. The number of carbonyl (C=O) groups excluding carboxylic acids is 2. The number of nitrogens with zero attached hydrogens (tertiary/aromatic N) is 4. The van der Waals surface area contributed by atoms with Crippen molar-refractivity contribution in [2.75, 3.05) is 6.54 Å². The van der Waals surface area contributed by atoms with Crippen molar-refractivity contribution in [1.29, 1.82) is 0 Å². The van der Waals surface area contributed by atoms with Gasteiger partial charge >= 0.3 is 0 Å². The first-order valence-electron chi connectivity index (χ1n) is 12.6. The molecule has 2 aliphatic rings. The lowest BCUT2D eigenvalue weighted by atomic mass is 10.0. The minimum atomic E-state index is -0.224. The third kappa shape index (κ3) is 4.06. The number of amides is 2. The van der Waals surface area contributed by atoms with Gasteiger partial charge in [0.25, 0.3) is 11.8 Å². The van der Waals surface area contributed by atoms with Gasteiger partial charge in [-0.25, -0.2) is 0 Å². The van der Waals surface area contributed by atoms with Gasteiger partial charge in [-0.05, 0) is 56.4 Å². The fourth-order valence-corrected chi connectivity index (χ4v) is 5.13. The van der Waals surface area contributed by atoms with Gasteiger partial charge in [-0.2, -0.15) is 5.10 Å². The maximum absolute atomic E-state index is 13.7. The molecule has 1 aliphatic carbocycles. The Morgan fingerprint density at radius 1 is 1.14 bits per heavy atom. The molecule has 0 bridgehead atoms. The van der Waals surface area contributed by atoms with Crippen LogP contribution in [-0.4, -0.2) is 43.0 Å². The smallest absolute Gasteiger partial charge is 0.272 e. The summed E-state index contributed by atoms with van der Waals surface area (Å²) in [7, 11) is 0. The average molecular weight is 483 g/mol. The van der Waals surface area contributed by atoms with E-state index in [1.54, 1.807) is 6.20 Å². The molecule has 0 saturated heterocycles. The quantitative estimate of drug-likeness (QED) is 0.436. The number of hydrogen-bond acceptors (Lipinski definition) is 4. The molecular weight excluding hydrogens is 452 g/mol. The number of aromatic nitrogens is 4. The number of aromatic amines is 1. The molecule has 0 atom stereocenters. The van der Waals surface area contributed by atoms with Crippen LogP contribution in [0.1, 0.15) is 61.9 Å². The van der Waals surface area contributed by atoms with E-state index in [4.69, 9.17) is 5.10 Å². The molecule has 0 unspecified atom stereocenters. The van der Waals surface area contributed by atoms with Crippen LogP contribution in [0.4, 0.5) is 0 Å². The molecule has 0 radical (unpaired) electrons. The second kappa shape index (κ2) is 8.93. The van der Waals surface area contributed by atoms with E-state index in [0.29, 0.717) is 43.2 Å². The Kier molecular flexibility index (Phi) is 5.59. The summed E-state index contributed by atoms with van der Waals surface area (Å²) >= 11 is 0. The van der Waals surface area contributed by atoms with Gasteiger partial charge in [0.1, 0.15) is 0 Å². The topological polar surface area (TPSA) is 95.9 Å². The van der Waals surface area contributed by atoms with Gasteiger partial charge in [0, 0.05) is 48.0 Å². The first kappa shape index (κ1) is 22.5. The highest BCUT2D eigenvalue weighted by atomic mass is 16.2. The molecule has 1 saturated carbocycles. The molecule has 8 heteroatoms. The fourth-order valence-electron chi connectivity index (χ4n) is 5.13. The first-order chi connectivity index (χ1) is 17.5. The SMILES string of the molecule is Cc1[nH]c2c(C(=O)N3CCc4c(c(C(=O)NCc5ccccn5)nn4CC4CC4)C3)cccc2c1C. The Morgan fingerprint density at radius 2 is 2.00 bits per heavy atom. The number of pyridine rings is 1. The number of fused-ring (bicyclic) bond motifs is 2. The van der Waals surface area contributed by atoms with Gasteiger partial charge in [0.05, 0.1) is 29.9 Å². The number of benzene rings is 1. The van der Waals surface area contributed by atoms with Crippen molar-refractivity contribution in [2.45, 2.75) is 52.7 Å². The summed E-state index contributed by atoms with van der Waals surface area (Å²) in [4.78, 5) is 36.5. The van der Waals surface area contributed by atoms with Crippen LogP contribution in [-0.2, 0) is 26.1 Å². The molecule has 2 amide bonds. The van der Waals surface area contributed by atoms with E-state index >= 15 is 0 Å². The maximum Gasteiger partial charge on any atom is 0.272 e. The molecular formula is C28H30N6O2. The highest BCUT2D eigenvalue weighted by molar-refractivity contribution is 6.07. The lowest BCUT2D eigenvalue weighted by molar-refractivity contribution is 0.0732. The second-order valence-corrected chi connectivity index (χ2v) is 9.98. The van der Waals surface area contributed by atoms with Gasteiger partial charge in [-0.15, -0.1) is 0 Å². The maximum atomic E-state index is 13.7. The zero-order valence-electron chi connectivity index (χ0n) is 20.7. The van der Waals surface area contributed by atoms with Crippen molar-refractivity contribution >= 4 is 22.7 Å². The fraction of sp³-hybridized carbons (Fsp3) is 0.357. The normalized spacial score (nSPS) is 15.2. The molecule has 36 heavy (non-hydrogen) atoms. The number of nitrogens with one attached hydrogen (secondary N) is 2. The number of H-pyrrole nitrogens is 1. The van der Waals surface area contributed by atoms with Crippen LogP contribution in [0.2, 0.25) is 0 Å². The van der Waals surface area contributed by atoms with E-state index in [-0.39, 0.29) is 11.8 Å². The molecule has 6 rings (SSSR count). The molecule has 1 aliphatic heterocycles. The number of rotatable bonds is 6. The van der Waals surface area contributed by atoms with Crippen LogP contribution in [0.5, 0.6) is 0 Å². The molecule has 4 aromatic rings. The molecule has 184 valence electrons. The molecule has 1 aromatic carbocycles. The van der Waals surface area contributed by atoms with Crippen LogP contribution >= 0.6 is 0 Å². The van der Waals surface area contributed by atoms with Crippen molar-refractivity contribution in [1.82, 2.24) is 30.0 Å². The summed E-state index contributed by atoms with van der Waals surface area (Å²) in [5.74, 6) is 0.385. The standard InChI is InChI=1S/C28H30N6O2/c1-17-18(2)31-25-21(17)7-5-8-22(25)28(36)33-13-11-24-23(16-33)26(32-34(24)15-19-9-10-19)27(35)30-14-20-6-3-4-12-29-20/h3-8,12,19,31H,9-11,13-16H2,1-2H3,(H,30,35). The predicted octanol–water partition coefficient (Wildman–Crippen LogP) is 3.91. The minimum Gasteiger partial charge on any atom is -0.358 e.